The van der Waals surface area contributed by atoms with E-state index in [2.05, 4.69) is 20.0 Å². The van der Waals surface area contributed by atoms with Gasteiger partial charge in [-0.25, -0.2) is 23.5 Å². The van der Waals surface area contributed by atoms with Crippen LogP contribution >= 0.6 is 0 Å². The number of nitrogens with two attached hydrogens (primary N) is 2. The number of halogens is 8. The number of rotatable bonds is 6. The first-order valence-corrected chi connectivity index (χ1v) is 11.4. The summed E-state index contributed by atoms with van der Waals surface area (Å²) in [4.78, 5) is 43.9. The molecule has 1 saturated carbocycles. The van der Waals surface area contributed by atoms with Crippen molar-refractivity contribution in [1.29, 1.82) is 0 Å². The summed E-state index contributed by atoms with van der Waals surface area (Å²) in [5, 5.41) is 2.48. The van der Waals surface area contributed by atoms with Crippen LogP contribution in [0.2, 0.25) is 0 Å². The fourth-order valence-electron chi connectivity index (χ4n) is 4.06. The molecule has 2 aromatic rings. The number of primary amides is 1. The zero-order valence-corrected chi connectivity index (χ0v) is 20.4. The largest absolute Gasteiger partial charge is 0.490 e. The Morgan fingerprint density at radius 3 is 2.20 bits per heavy atom. The molecule has 0 aliphatic heterocycles. The number of alkyl halides is 8. The molecule has 0 radical (unpaired) electrons. The molecule has 3 rings (SSSR count). The number of hydrogen-bond donors (Lipinski definition) is 3. The second-order valence-corrected chi connectivity index (χ2v) is 9.05. The van der Waals surface area contributed by atoms with Crippen molar-refractivity contribution in [3.8, 4) is 11.3 Å². The molecule has 1 aliphatic carbocycles. The molecular weight excluding hydrogens is 562 g/mol. The molecule has 5 N–H and O–H groups in total. The second-order valence-electron chi connectivity index (χ2n) is 9.05. The van der Waals surface area contributed by atoms with Crippen molar-refractivity contribution in [3.63, 3.8) is 0 Å². The Morgan fingerprint density at radius 2 is 1.68 bits per heavy atom. The summed E-state index contributed by atoms with van der Waals surface area (Å²) >= 11 is 0. The maximum atomic E-state index is 14.1. The SMILES string of the molecule is Cc1ccc(C(OC(=O)C(F)(F)F)(C(N)=O)C(F)(F)F)cc1-c1cnc(N)c(C(=O)NC2CCC(F)(F)CC2)n1. The minimum absolute atomic E-state index is 0.0454. The molecule has 2 amide bonds. The lowest BCUT2D eigenvalue weighted by Gasteiger charge is -2.33. The van der Waals surface area contributed by atoms with Gasteiger partial charge in [0.25, 0.3) is 11.8 Å². The molecule has 1 aromatic carbocycles. The van der Waals surface area contributed by atoms with Crippen LogP contribution in [0.25, 0.3) is 11.3 Å². The van der Waals surface area contributed by atoms with E-state index in [4.69, 9.17) is 11.5 Å². The summed E-state index contributed by atoms with van der Waals surface area (Å²) in [6, 6.07) is 1.45. The summed E-state index contributed by atoms with van der Waals surface area (Å²) in [6.45, 7) is 1.35. The van der Waals surface area contributed by atoms with Gasteiger partial charge in [-0.1, -0.05) is 12.1 Å². The fraction of sp³-hybridized carbons (Fsp3) is 0.435. The fourth-order valence-corrected chi connectivity index (χ4v) is 4.06. The van der Waals surface area contributed by atoms with E-state index in [9.17, 15) is 49.5 Å². The highest BCUT2D eigenvalue weighted by Gasteiger charge is 2.66. The predicted molar refractivity (Wildman–Crippen MR) is 120 cm³/mol. The molecule has 1 heterocycles. The quantitative estimate of drug-likeness (QED) is 0.347. The van der Waals surface area contributed by atoms with Crippen LogP contribution in [0.15, 0.2) is 24.4 Å². The van der Waals surface area contributed by atoms with Gasteiger partial charge in [0, 0.05) is 30.0 Å². The van der Waals surface area contributed by atoms with Crippen molar-refractivity contribution < 1.29 is 54.2 Å². The number of esters is 1. The van der Waals surface area contributed by atoms with Gasteiger partial charge in [-0.3, -0.25) is 9.59 Å². The van der Waals surface area contributed by atoms with Gasteiger partial charge in [0.2, 0.25) is 5.92 Å². The molecule has 1 atom stereocenters. The average molecular weight is 583 g/mol. The maximum Gasteiger partial charge on any atom is 0.490 e. The molecule has 1 fully saturated rings. The maximum absolute atomic E-state index is 14.1. The molecule has 1 unspecified atom stereocenters. The highest BCUT2D eigenvalue weighted by atomic mass is 19.4. The first kappa shape index (κ1) is 30.5. The molecule has 0 spiro atoms. The Hall–Kier alpha value is -4.05. The number of amides is 2. The van der Waals surface area contributed by atoms with Crippen LogP contribution in [0.4, 0.5) is 40.9 Å². The van der Waals surface area contributed by atoms with Gasteiger partial charge in [-0.05, 0) is 31.4 Å². The lowest BCUT2D eigenvalue weighted by Crippen LogP contribution is -2.57. The molecule has 0 bridgehead atoms. The molecule has 9 nitrogen and oxygen atoms in total. The third-order valence-electron chi connectivity index (χ3n) is 6.21. The number of anilines is 1. The van der Waals surface area contributed by atoms with Gasteiger partial charge >= 0.3 is 23.9 Å². The number of carbonyl (C=O) groups excluding carboxylic acids is 3. The zero-order valence-electron chi connectivity index (χ0n) is 20.4. The minimum atomic E-state index is -5.94. The zero-order chi connectivity index (χ0) is 30.3. The smallest absolute Gasteiger partial charge is 0.427 e. The van der Waals surface area contributed by atoms with Gasteiger partial charge in [0.05, 0.1) is 11.9 Å². The van der Waals surface area contributed by atoms with E-state index < -0.39 is 77.6 Å². The van der Waals surface area contributed by atoms with Gasteiger partial charge in [-0.2, -0.15) is 26.3 Å². The lowest BCUT2D eigenvalue weighted by atomic mass is 9.88. The number of ether oxygens (including phenoxy) is 1. The number of carbonyl (C=O) groups is 3. The number of nitrogens with one attached hydrogen (secondary N) is 1. The number of nitrogens with zero attached hydrogens (tertiary/aromatic N) is 2. The van der Waals surface area contributed by atoms with Gasteiger partial charge in [-0.15, -0.1) is 0 Å². The van der Waals surface area contributed by atoms with Crippen LogP contribution in [0.5, 0.6) is 0 Å². The summed E-state index contributed by atoms with van der Waals surface area (Å²) in [5.74, 6) is -9.99. The van der Waals surface area contributed by atoms with E-state index in [1.54, 1.807) is 0 Å². The molecular formula is C23H21F8N5O4. The summed E-state index contributed by atoms with van der Waals surface area (Å²) in [5.41, 5.74) is 3.78. The Kier molecular flexibility index (Phi) is 8.00. The van der Waals surface area contributed by atoms with E-state index in [1.165, 1.54) is 6.92 Å². The first-order valence-electron chi connectivity index (χ1n) is 11.4. The first-order chi connectivity index (χ1) is 18.3. The van der Waals surface area contributed by atoms with Crippen molar-refractivity contribution in [2.75, 3.05) is 5.73 Å². The van der Waals surface area contributed by atoms with Crippen LogP contribution in [0.1, 0.15) is 47.3 Å². The van der Waals surface area contributed by atoms with Crippen LogP contribution in [0, 0.1) is 6.92 Å². The normalized spacial score (nSPS) is 17.5. The van der Waals surface area contributed by atoms with Gasteiger partial charge in [0.15, 0.2) is 11.5 Å². The van der Waals surface area contributed by atoms with Gasteiger partial charge < -0.3 is 21.5 Å². The van der Waals surface area contributed by atoms with Crippen molar-refractivity contribution in [3.05, 3.63) is 41.2 Å². The van der Waals surface area contributed by atoms with Gasteiger partial charge in [0.1, 0.15) is 0 Å². The van der Waals surface area contributed by atoms with Crippen molar-refractivity contribution >= 4 is 23.6 Å². The number of hydrogen-bond acceptors (Lipinski definition) is 7. The van der Waals surface area contributed by atoms with E-state index in [0.717, 1.165) is 12.3 Å². The summed E-state index contributed by atoms with van der Waals surface area (Å²) in [7, 11) is 0. The van der Waals surface area contributed by atoms with E-state index in [-0.39, 0.29) is 29.7 Å². The number of aromatic nitrogens is 2. The lowest BCUT2D eigenvalue weighted by molar-refractivity contribution is -0.280. The monoisotopic (exact) mass is 583 g/mol. The van der Waals surface area contributed by atoms with Crippen molar-refractivity contribution in [2.24, 2.45) is 5.73 Å². The minimum Gasteiger partial charge on any atom is -0.427 e. The van der Waals surface area contributed by atoms with E-state index in [1.807, 2.05) is 0 Å². The third kappa shape index (κ3) is 6.07. The highest BCUT2D eigenvalue weighted by molar-refractivity contribution is 5.97. The molecule has 1 aromatic heterocycles. The van der Waals surface area contributed by atoms with Crippen LogP contribution in [-0.4, -0.2) is 52.1 Å². The Morgan fingerprint density at radius 1 is 1.07 bits per heavy atom. The molecule has 0 saturated heterocycles. The van der Waals surface area contributed by atoms with Crippen LogP contribution in [0.3, 0.4) is 0 Å². The van der Waals surface area contributed by atoms with Crippen LogP contribution < -0.4 is 16.8 Å². The predicted octanol–water partition coefficient (Wildman–Crippen LogP) is 3.69. The highest BCUT2D eigenvalue weighted by Crippen LogP contribution is 2.45. The van der Waals surface area contributed by atoms with Crippen molar-refractivity contribution in [2.45, 2.75) is 62.5 Å². The van der Waals surface area contributed by atoms with E-state index in [0.29, 0.717) is 12.1 Å². The molecule has 40 heavy (non-hydrogen) atoms. The van der Waals surface area contributed by atoms with Crippen molar-refractivity contribution in [1.82, 2.24) is 15.3 Å². The topological polar surface area (TPSA) is 150 Å². The number of aryl methyl sites for hydroxylation is 1. The van der Waals surface area contributed by atoms with Crippen LogP contribution in [-0.2, 0) is 19.9 Å². The standard InChI is InChI=1S/C23H21F8N5O4/c1-10-2-3-11(21(18(33)38,23(29,30)31)40-19(39)22(26,27)28)8-13(10)14-9-34-16(32)15(36-14)17(37)35-12-4-6-20(24,25)7-5-12/h2-3,8-9,12H,4-7H2,1H3,(H2,32,34)(H2,33,38)(H,35,37). The molecule has 1 aliphatic rings. The summed E-state index contributed by atoms with van der Waals surface area (Å²) < 4.78 is 111. The summed E-state index contributed by atoms with van der Waals surface area (Å²) in [6.07, 6.45) is -11.9. The number of benzene rings is 1. The molecule has 218 valence electrons. The molecule has 17 heteroatoms. The Bertz CT molecular complexity index is 1320. The number of nitrogen functional groups attached to an aromatic ring is 1. The Balaban J connectivity index is 2.06. The third-order valence-corrected chi connectivity index (χ3v) is 6.21. The Labute approximate surface area is 220 Å². The second kappa shape index (κ2) is 10.5. The average Bonchev–Trinajstić information content (AvgIpc) is 2.83. The van der Waals surface area contributed by atoms with E-state index >= 15 is 0 Å².